The van der Waals surface area contributed by atoms with E-state index in [4.69, 9.17) is 4.74 Å². The molecule has 1 aromatic carbocycles. The molecule has 26 heavy (non-hydrogen) atoms. The van der Waals surface area contributed by atoms with Crippen LogP contribution in [0.4, 0.5) is 0 Å². The first-order valence-electron chi connectivity index (χ1n) is 8.73. The molecule has 2 aromatic rings. The highest BCUT2D eigenvalue weighted by molar-refractivity contribution is 5.98. The predicted molar refractivity (Wildman–Crippen MR) is 97.2 cm³/mol. The van der Waals surface area contributed by atoms with Crippen LogP contribution in [-0.4, -0.2) is 47.9 Å². The molecule has 1 aliphatic rings. The van der Waals surface area contributed by atoms with Crippen molar-refractivity contribution < 1.29 is 14.3 Å². The SMILES string of the molecule is CNC(=O)c1cc(C(=O)NC2CC(OC)C2)n([C@H](C)c2ccccc2)n1. The molecule has 3 rings (SSSR count). The minimum atomic E-state index is -0.318. The summed E-state index contributed by atoms with van der Waals surface area (Å²) in [6.45, 7) is 1.96. The smallest absolute Gasteiger partial charge is 0.271 e. The number of nitrogens with one attached hydrogen (secondary N) is 2. The molecule has 1 aliphatic carbocycles. The average molecular weight is 356 g/mol. The first-order valence-corrected chi connectivity index (χ1v) is 8.73. The maximum Gasteiger partial charge on any atom is 0.271 e. The summed E-state index contributed by atoms with van der Waals surface area (Å²) in [7, 11) is 3.22. The normalized spacial score (nSPS) is 20.1. The quantitative estimate of drug-likeness (QED) is 0.826. The van der Waals surface area contributed by atoms with E-state index in [9.17, 15) is 9.59 Å². The van der Waals surface area contributed by atoms with Crippen LogP contribution in [0, 0.1) is 0 Å². The number of rotatable bonds is 6. The minimum Gasteiger partial charge on any atom is -0.381 e. The van der Waals surface area contributed by atoms with Gasteiger partial charge in [0.1, 0.15) is 5.69 Å². The van der Waals surface area contributed by atoms with E-state index in [0.29, 0.717) is 5.69 Å². The predicted octanol–water partition coefficient (Wildman–Crippen LogP) is 1.76. The molecule has 0 aliphatic heterocycles. The number of hydrogen-bond acceptors (Lipinski definition) is 4. The third-order valence-corrected chi connectivity index (χ3v) is 4.84. The van der Waals surface area contributed by atoms with Crippen LogP contribution in [-0.2, 0) is 4.74 Å². The summed E-state index contributed by atoms with van der Waals surface area (Å²) in [5.74, 6) is -0.545. The van der Waals surface area contributed by atoms with Gasteiger partial charge in [0.15, 0.2) is 5.69 Å². The standard InChI is InChI=1S/C19H24N4O3/c1-12(13-7-5-4-6-8-13)23-17(11-16(22-23)18(24)20-2)19(25)21-14-9-15(10-14)26-3/h4-8,11-12,14-15H,9-10H2,1-3H3,(H,20,24)(H,21,25)/t12-,14?,15?/m1/s1. The van der Waals surface area contributed by atoms with Crippen molar-refractivity contribution in [2.24, 2.45) is 0 Å². The molecule has 7 heteroatoms. The fourth-order valence-electron chi connectivity index (χ4n) is 3.11. The zero-order valence-corrected chi connectivity index (χ0v) is 15.2. The minimum absolute atomic E-state index is 0.0892. The lowest BCUT2D eigenvalue weighted by Gasteiger charge is -2.34. The summed E-state index contributed by atoms with van der Waals surface area (Å²) in [4.78, 5) is 24.8. The van der Waals surface area contributed by atoms with Crippen molar-refractivity contribution in [3.63, 3.8) is 0 Å². The molecule has 0 bridgehead atoms. The first-order chi connectivity index (χ1) is 12.5. The molecule has 1 aromatic heterocycles. The van der Waals surface area contributed by atoms with Crippen molar-refractivity contribution in [1.82, 2.24) is 20.4 Å². The second-order valence-electron chi connectivity index (χ2n) is 6.52. The maximum absolute atomic E-state index is 12.8. The summed E-state index contributed by atoms with van der Waals surface area (Å²) in [5, 5.41) is 9.94. The molecule has 1 fully saturated rings. The molecule has 1 atom stereocenters. The lowest BCUT2D eigenvalue weighted by atomic mass is 9.89. The van der Waals surface area contributed by atoms with Crippen molar-refractivity contribution >= 4 is 11.8 Å². The molecule has 2 amide bonds. The molecule has 1 heterocycles. The number of hydrogen-bond donors (Lipinski definition) is 2. The van der Waals surface area contributed by atoms with Gasteiger partial charge in [0, 0.05) is 26.3 Å². The fraction of sp³-hybridized carbons (Fsp3) is 0.421. The number of amides is 2. The molecular formula is C19H24N4O3. The Bertz CT molecular complexity index is 781. The molecular weight excluding hydrogens is 332 g/mol. The van der Waals surface area contributed by atoms with E-state index in [-0.39, 0.29) is 35.7 Å². The fourth-order valence-corrected chi connectivity index (χ4v) is 3.11. The van der Waals surface area contributed by atoms with Crippen LogP contribution in [0.15, 0.2) is 36.4 Å². The highest BCUT2D eigenvalue weighted by Gasteiger charge is 2.32. The van der Waals surface area contributed by atoms with Gasteiger partial charge in [0.05, 0.1) is 12.1 Å². The van der Waals surface area contributed by atoms with Gasteiger partial charge in [-0.25, -0.2) is 0 Å². The Balaban J connectivity index is 1.86. The number of aromatic nitrogens is 2. The van der Waals surface area contributed by atoms with Crippen molar-refractivity contribution in [2.45, 2.75) is 38.0 Å². The van der Waals surface area contributed by atoms with E-state index in [1.54, 1.807) is 24.9 Å². The van der Waals surface area contributed by atoms with Gasteiger partial charge in [-0.05, 0) is 25.3 Å². The summed E-state index contributed by atoms with van der Waals surface area (Å²) in [5.41, 5.74) is 1.61. The Morgan fingerprint density at radius 1 is 1.23 bits per heavy atom. The second kappa shape index (κ2) is 7.70. The highest BCUT2D eigenvalue weighted by atomic mass is 16.5. The van der Waals surface area contributed by atoms with Gasteiger partial charge in [-0.3, -0.25) is 14.3 Å². The Hall–Kier alpha value is -2.67. The summed E-state index contributed by atoms with van der Waals surface area (Å²) >= 11 is 0. The number of carbonyl (C=O) groups is 2. The summed E-state index contributed by atoms with van der Waals surface area (Å²) in [6.07, 6.45) is 1.80. The lowest BCUT2D eigenvalue weighted by Crippen LogP contribution is -2.47. The van der Waals surface area contributed by atoms with Gasteiger partial charge in [0.25, 0.3) is 11.8 Å². The number of methoxy groups -OCH3 is 1. The Kier molecular flexibility index (Phi) is 5.37. The number of carbonyl (C=O) groups excluding carboxylic acids is 2. The van der Waals surface area contributed by atoms with E-state index in [2.05, 4.69) is 15.7 Å². The van der Waals surface area contributed by atoms with E-state index >= 15 is 0 Å². The molecule has 0 saturated heterocycles. The molecule has 7 nitrogen and oxygen atoms in total. The van der Waals surface area contributed by atoms with Crippen LogP contribution >= 0.6 is 0 Å². The molecule has 0 unspecified atom stereocenters. The largest absolute Gasteiger partial charge is 0.381 e. The topological polar surface area (TPSA) is 85.3 Å². The van der Waals surface area contributed by atoms with E-state index in [1.807, 2.05) is 37.3 Å². The van der Waals surface area contributed by atoms with E-state index < -0.39 is 0 Å². The zero-order chi connectivity index (χ0) is 18.7. The Labute approximate surface area is 152 Å². The van der Waals surface area contributed by atoms with Gasteiger partial charge in [-0.1, -0.05) is 30.3 Å². The number of ether oxygens (including phenoxy) is 1. The monoisotopic (exact) mass is 356 g/mol. The summed E-state index contributed by atoms with van der Waals surface area (Å²) in [6, 6.07) is 11.2. The van der Waals surface area contributed by atoms with E-state index in [1.165, 1.54) is 0 Å². The van der Waals surface area contributed by atoms with Gasteiger partial charge < -0.3 is 15.4 Å². The third kappa shape index (κ3) is 3.62. The van der Waals surface area contributed by atoms with Gasteiger partial charge >= 0.3 is 0 Å². The molecule has 2 N–H and O–H groups in total. The second-order valence-corrected chi connectivity index (χ2v) is 6.52. The zero-order valence-electron chi connectivity index (χ0n) is 15.2. The number of nitrogens with zero attached hydrogens (tertiary/aromatic N) is 2. The Morgan fingerprint density at radius 3 is 2.54 bits per heavy atom. The maximum atomic E-state index is 12.8. The highest BCUT2D eigenvalue weighted by Crippen LogP contribution is 2.24. The van der Waals surface area contributed by atoms with Gasteiger partial charge in [0.2, 0.25) is 0 Å². The van der Waals surface area contributed by atoms with Crippen LogP contribution < -0.4 is 10.6 Å². The van der Waals surface area contributed by atoms with Crippen molar-refractivity contribution in [3.05, 3.63) is 53.3 Å². The molecule has 138 valence electrons. The van der Waals surface area contributed by atoms with Crippen LogP contribution in [0.25, 0.3) is 0 Å². The molecule has 1 saturated carbocycles. The van der Waals surface area contributed by atoms with Crippen LogP contribution in [0.1, 0.15) is 52.3 Å². The van der Waals surface area contributed by atoms with Gasteiger partial charge in [-0.15, -0.1) is 0 Å². The summed E-state index contributed by atoms with van der Waals surface area (Å²) < 4.78 is 6.86. The Morgan fingerprint density at radius 2 is 1.92 bits per heavy atom. The number of benzene rings is 1. The average Bonchev–Trinajstić information content (AvgIpc) is 3.09. The first kappa shape index (κ1) is 18.1. The van der Waals surface area contributed by atoms with Crippen molar-refractivity contribution in [3.8, 4) is 0 Å². The van der Waals surface area contributed by atoms with Crippen molar-refractivity contribution in [2.75, 3.05) is 14.2 Å². The van der Waals surface area contributed by atoms with Gasteiger partial charge in [-0.2, -0.15) is 5.10 Å². The lowest BCUT2D eigenvalue weighted by molar-refractivity contribution is 0.0174. The van der Waals surface area contributed by atoms with Crippen molar-refractivity contribution in [1.29, 1.82) is 0 Å². The third-order valence-electron chi connectivity index (χ3n) is 4.84. The van der Waals surface area contributed by atoms with Crippen LogP contribution in [0.3, 0.4) is 0 Å². The molecule has 0 spiro atoms. The van der Waals surface area contributed by atoms with E-state index in [0.717, 1.165) is 18.4 Å². The molecule has 0 radical (unpaired) electrons. The van der Waals surface area contributed by atoms with Crippen LogP contribution in [0.5, 0.6) is 0 Å². The van der Waals surface area contributed by atoms with Crippen LogP contribution in [0.2, 0.25) is 0 Å².